The van der Waals surface area contributed by atoms with E-state index in [4.69, 9.17) is 5.11 Å². The summed E-state index contributed by atoms with van der Waals surface area (Å²) in [5, 5.41) is 9.01. The van der Waals surface area contributed by atoms with Crippen LogP contribution in [0.5, 0.6) is 0 Å². The van der Waals surface area contributed by atoms with Crippen molar-refractivity contribution < 1.29 is 18.3 Å². The lowest BCUT2D eigenvalue weighted by Crippen LogP contribution is -2.32. The average molecular weight is 286 g/mol. The topological polar surface area (TPSA) is 88.4 Å². The van der Waals surface area contributed by atoms with Crippen LogP contribution < -0.4 is 4.72 Å². The number of aromatic nitrogens is 1. The van der Waals surface area contributed by atoms with Crippen LogP contribution >= 0.6 is 0 Å². The Bertz CT molecular complexity index is 573. The summed E-state index contributed by atoms with van der Waals surface area (Å²) >= 11 is 0. The van der Waals surface area contributed by atoms with E-state index in [1.807, 2.05) is 0 Å². The number of hydrogen-bond acceptors (Lipinski definition) is 3. The summed E-state index contributed by atoms with van der Waals surface area (Å²) in [7, 11) is -3.61. The van der Waals surface area contributed by atoms with E-state index in [1.54, 1.807) is 6.92 Å². The molecule has 0 spiro atoms. The van der Waals surface area contributed by atoms with Gasteiger partial charge in [-0.15, -0.1) is 0 Å². The summed E-state index contributed by atoms with van der Waals surface area (Å²) in [6.07, 6.45) is 4.63. The Morgan fingerprint density at radius 2 is 2.21 bits per heavy atom. The van der Waals surface area contributed by atoms with Gasteiger partial charge in [0.15, 0.2) is 0 Å². The first-order valence-electron chi connectivity index (χ1n) is 6.37. The minimum atomic E-state index is -3.61. The molecule has 0 bridgehead atoms. The molecule has 1 saturated carbocycles. The molecule has 0 radical (unpaired) electrons. The van der Waals surface area contributed by atoms with Gasteiger partial charge in [-0.3, -0.25) is 0 Å². The smallest absolute Gasteiger partial charge is 0.352 e. The van der Waals surface area contributed by atoms with Gasteiger partial charge in [-0.05, 0) is 31.7 Å². The van der Waals surface area contributed by atoms with Crippen LogP contribution in [0.2, 0.25) is 0 Å². The number of aryl methyl sites for hydroxylation is 1. The van der Waals surface area contributed by atoms with E-state index in [0.717, 1.165) is 19.3 Å². The summed E-state index contributed by atoms with van der Waals surface area (Å²) < 4.78 is 28.1. The van der Waals surface area contributed by atoms with Crippen LogP contribution in [0.3, 0.4) is 0 Å². The Hall–Kier alpha value is -1.34. The monoisotopic (exact) mass is 286 g/mol. The zero-order valence-corrected chi connectivity index (χ0v) is 11.6. The number of rotatable bonds is 6. The third-order valence-corrected chi connectivity index (χ3v) is 4.92. The molecule has 0 aromatic carbocycles. The van der Waals surface area contributed by atoms with Gasteiger partial charge in [0.1, 0.15) is 10.6 Å². The molecule has 0 unspecified atom stereocenters. The number of nitrogens with zero attached hydrogens (tertiary/aromatic N) is 1. The first kappa shape index (κ1) is 14.1. The molecule has 1 aliphatic carbocycles. The van der Waals surface area contributed by atoms with Crippen molar-refractivity contribution in [2.45, 2.75) is 37.6 Å². The predicted octanol–water partition coefficient (Wildman–Crippen LogP) is 1.28. The van der Waals surface area contributed by atoms with E-state index in [1.165, 1.54) is 16.8 Å². The second kappa shape index (κ2) is 5.34. The number of nitrogens with one attached hydrogen (secondary N) is 1. The molecule has 7 heteroatoms. The maximum absolute atomic E-state index is 12.1. The SMILES string of the molecule is CCn1cc(S(=O)(=O)NCC2CCC2)cc1C(=O)O. The maximum Gasteiger partial charge on any atom is 0.352 e. The fourth-order valence-electron chi connectivity index (χ4n) is 2.08. The zero-order valence-electron chi connectivity index (χ0n) is 10.8. The fourth-order valence-corrected chi connectivity index (χ4v) is 3.23. The molecule has 1 heterocycles. The molecule has 19 heavy (non-hydrogen) atoms. The largest absolute Gasteiger partial charge is 0.477 e. The minimum absolute atomic E-state index is 0.00785. The Balaban J connectivity index is 2.17. The first-order valence-corrected chi connectivity index (χ1v) is 7.85. The molecule has 2 rings (SSSR count). The van der Waals surface area contributed by atoms with Gasteiger partial charge in [-0.2, -0.15) is 0 Å². The lowest BCUT2D eigenvalue weighted by molar-refractivity contribution is 0.0685. The number of aromatic carboxylic acids is 1. The van der Waals surface area contributed by atoms with Crippen molar-refractivity contribution in [2.24, 2.45) is 5.92 Å². The van der Waals surface area contributed by atoms with Crippen LogP contribution in [0, 0.1) is 5.92 Å². The van der Waals surface area contributed by atoms with Crippen LogP contribution in [0.4, 0.5) is 0 Å². The quantitative estimate of drug-likeness (QED) is 0.824. The average Bonchev–Trinajstić information content (AvgIpc) is 2.71. The summed E-state index contributed by atoms with van der Waals surface area (Å²) in [4.78, 5) is 11.0. The van der Waals surface area contributed by atoms with Gasteiger partial charge in [0.2, 0.25) is 10.0 Å². The molecule has 0 atom stereocenters. The van der Waals surface area contributed by atoms with Crippen LogP contribution in [0.1, 0.15) is 36.7 Å². The first-order chi connectivity index (χ1) is 8.94. The summed E-state index contributed by atoms with van der Waals surface area (Å²) in [5.74, 6) is -0.704. The molecule has 1 aliphatic rings. The lowest BCUT2D eigenvalue weighted by Gasteiger charge is -2.25. The van der Waals surface area contributed by atoms with E-state index in [2.05, 4.69) is 4.72 Å². The molecule has 106 valence electrons. The maximum atomic E-state index is 12.1. The van der Waals surface area contributed by atoms with E-state index in [0.29, 0.717) is 19.0 Å². The van der Waals surface area contributed by atoms with Crippen molar-refractivity contribution in [2.75, 3.05) is 6.54 Å². The molecule has 2 N–H and O–H groups in total. The van der Waals surface area contributed by atoms with Gasteiger partial charge in [0.25, 0.3) is 0 Å². The van der Waals surface area contributed by atoms with Crippen molar-refractivity contribution in [3.8, 4) is 0 Å². The highest BCUT2D eigenvalue weighted by atomic mass is 32.2. The zero-order chi connectivity index (χ0) is 14.0. The fraction of sp³-hybridized carbons (Fsp3) is 0.583. The molecular weight excluding hydrogens is 268 g/mol. The molecular formula is C12H18N2O4S. The Morgan fingerprint density at radius 1 is 1.53 bits per heavy atom. The molecule has 0 saturated heterocycles. The summed E-state index contributed by atoms with van der Waals surface area (Å²) in [6.45, 7) is 2.62. The van der Waals surface area contributed by atoms with Crippen molar-refractivity contribution in [1.29, 1.82) is 0 Å². The van der Waals surface area contributed by atoms with Gasteiger partial charge in [0.05, 0.1) is 0 Å². The number of sulfonamides is 1. The van der Waals surface area contributed by atoms with Crippen LogP contribution in [0.25, 0.3) is 0 Å². The van der Waals surface area contributed by atoms with Gasteiger partial charge in [-0.1, -0.05) is 6.42 Å². The predicted molar refractivity (Wildman–Crippen MR) is 69.6 cm³/mol. The Labute approximate surface area is 112 Å². The van der Waals surface area contributed by atoms with E-state index in [-0.39, 0.29) is 10.6 Å². The second-order valence-corrected chi connectivity index (χ2v) is 6.57. The Morgan fingerprint density at radius 3 is 2.63 bits per heavy atom. The van der Waals surface area contributed by atoms with Crippen LogP contribution in [-0.2, 0) is 16.6 Å². The minimum Gasteiger partial charge on any atom is -0.477 e. The van der Waals surface area contributed by atoms with Gasteiger partial charge in [-0.25, -0.2) is 17.9 Å². The summed E-state index contributed by atoms with van der Waals surface area (Å²) in [6, 6.07) is 1.20. The third-order valence-electron chi connectivity index (χ3n) is 3.53. The van der Waals surface area contributed by atoms with Gasteiger partial charge < -0.3 is 9.67 Å². The van der Waals surface area contributed by atoms with Gasteiger partial charge in [0, 0.05) is 19.3 Å². The number of carbonyl (C=O) groups is 1. The normalized spacial score (nSPS) is 16.3. The molecule has 0 amide bonds. The highest BCUT2D eigenvalue weighted by molar-refractivity contribution is 7.89. The van der Waals surface area contributed by atoms with Crippen LogP contribution in [0.15, 0.2) is 17.2 Å². The van der Waals surface area contributed by atoms with Gasteiger partial charge >= 0.3 is 5.97 Å². The van der Waals surface area contributed by atoms with E-state index in [9.17, 15) is 13.2 Å². The van der Waals surface area contributed by atoms with Crippen LogP contribution in [-0.4, -0.2) is 30.6 Å². The van der Waals surface area contributed by atoms with Crippen molar-refractivity contribution >= 4 is 16.0 Å². The second-order valence-electron chi connectivity index (χ2n) is 4.80. The summed E-state index contributed by atoms with van der Waals surface area (Å²) in [5.41, 5.74) is -0.00785. The molecule has 1 aromatic heterocycles. The number of carboxylic acid groups (broad SMARTS) is 1. The molecule has 6 nitrogen and oxygen atoms in total. The molecule has 1 aromatic rings. The number of hydrogen-bond donors (Lipinski definition) is 2. The van der Waals surface area contributed by atoms with Crippen molar-refractivity contribution in [3.63, 3.8) is 0 Å². The van der Waals surface area contributed by atoms with Crippen molar-refractivity contribution in [1.82, 2.24) is 9.29 Å². The standard InChI is InChI=1S/C12H18N2O4S/c1-2-14-8-10(6-11(14)12(15)16)19(17,18)13-7-9-4-3-5-9/h6,8-9,13H,2-5,7H2,1H3,(H,15,16). The lowest BCUT2D eigenvalue weighted by atomic mass is 9.86. The molecule has 1 fully saturated rings. The van der Waals surface area contributed by atoms with E-state index >= 15 is 0 Å². The highest BCUT2D eigenvalue weighted by Gasteiger charge is 2.24. The number of carboxylic acids is 1. The van der Waals surface area contributed by atoms with E-state index < -0.39 is 16.0 Å². The Kier molecular flexibility index (Phi) is 3.96. The molecule has 0 aliphatic heterocycles. The van der Waals surface area contributed by atoms with Crippen molar-refractivity contribution in [3.05, 3.63) is 18.0 Å². The highest BCUT2D eigenvalue weighted by Crippen LogP contribution is 2.26. The third kappa shape index (κ3) is 2.98.